The fraction of sp³-hybridized carbons (Fsp3) is 0.900. The molecular weight excluding hydrogens is 152 g/mol. The molecule has 0 aromatic heterocycles. The van der Waals surface area contributed by atoms with Crippen LogP contribution in [0.2, 0.25) is 0 Å². The maximum Gasteiger partial charge on any atom is 0.309 e. The highest BCUT2D eigenvalue weighted by Crippen LogP contribution is 2.92. The number of aliphatic carboxylic acids is 1. The molecule has 3 fully saturated rings. The van der Waals surface area contributed by atoms with E-state index in [0.29, 0.717) is 5.41 Å². The summed E-state index contributed by atoms with van der Waals surface area (Å²) in [6.45, 7) is 1.93. The largest absolute Gasteiger partial charge is 0.481 e. The second-order valence-corrected chi connectivity index (χ2v) is 5.21. The van der Waals surface area contributed by atoms with Gasteiger partial charge < -0.3 is 5.11 Å². The lowest BCUT2D eigenvalue weighted by Gasteiger charge is -2.27. The molecule has 3 saturated carbocycles. The van der Waals surface area contributed by atoms with Crippen LogP contribution in [0.3, 0.4) is 0 Å². The van der Waals surface area contributed by atoms with E-state index in [4.69, 9.17) is 5.11 Å². The molecule has 0 heterocycles. The Morgan fingerprint density at radius 1 is 1.33 bits per heavy atom. The highest BCUT2D eigenvalue weighted by molar-refractivity contribution is 5.81. The molecule has 2 spiro atoms. The summed E-state index contributed by atoms with van der Waals surface area (Å²) in [4.78, 5) is 11.0. The van der Waals surface area contributed by atoms with E-state index < -0.39 is 5.97 Å². The van der Waals surface area contributed by atoms with Crippen molar-refractivity contribution in [2.45, 2.75) is 39.0 Å². The molecule has 0 bridgehead atoms. The van der Waals surface area contributed by atoms with Gasteiger partial charge in [-0.05, 0) is 43.4 Å². The first kappa shape index (κ1) is 6.93. The van der Waals surface area contributed by atoms with Gasteiger partial charge in [-0.25, -0.2) is 0 Å². The van der Waals surface area contributed by atoms with Crippen LogP contribution < -0.4 is 0 Å². The zero-order chi connectivity index (χ0) is 8.61. The Morgan fingerprint density at radius 2 is 2.00 bits per heavy atom. The highest BCUT2D eigenvalue weighted by atomic mass is 16.4. The number of carboxylic acids is 1. The summed E-state index contributed by atoms with van der Waals surface area (Å²) in [5.74, 6) is -0.564. The fourth-order valence-electron chi connectivity index (χ4n) is 3.66. The molecule has 66 valence electrons. The van der Waals surface area contributed by atoms with Crippen LogP contribution in [0, 0.1) is 16.2 Å². The lowest BCUT2D eigenvalue weighted by atomic mass is 9.77. The summed E-state index contributed by atoms with van der Waals surface area (Å²) >= 11 is 0. The van der Waals surface area contributed by atoms with Crippen molar-refractivity contribution in [1.82, 2.24) is 0 Å². The van der Waals surface area contributed by atoms with E-state index in [9.17, 15) is 4.79 Å². The van der Waals surface area contributed by atoms with Crippen molar-refractivity contribution in [3.05, 3.63) is 0 Å². The van der Waals surface area contributed by atoms with Gasteiger partial charge in [0.15, 0.2) is 0 Å². The first-order valence-corrected chi connectivity index (χ1v) is 4.80. The van der Waals surface area contributed by atoms with Gasteiger partial charge in [0, 0.05) is 0 Å². The summed E-state index contributed by atoms with van der Waals surface area (Å²) in [6, 6.07) is 0. The van der Waals surface area contributed by atoms with Crippen LogP contribution in [0.25, 0.3) is 0 Å². The van der Waals surface area contributed by atoms with Crippen molar-refractivity contribution in [3.63, 3.8) is 0 Å². The topological polar surface area (TPSA) is 37.3 Å². The summed E-state index contributed by atoms with van der Waals surface area (Å²) in [6.07, 6.45) is 6.10. The number of hydrogen-bond donors (Lipinski definition) is 1. The molecule has 0 aliphatic heterocycles. The number of carbonyl (C=O) groups is 1. The minimum absolute atomic E-state index is 0.268. The lowest BCUT2D eigenvalue weighted by Crippen LogP contribution is -2.21. The Balaban J connectivity index is 1.88. The smallest absolute Gasteiger partial charge is 0.309 e. The highest BCUT2D eigenvalue weighted by Gasteiger charge is 2.88. The molecule has 0 amide bonds. The van der Waals surface area contributed by atoms with Gasteiger partial charge in [0.1, 0.15) is 0 Å². The quantitative estimate of drug-likeness (QED) is 0.647. The van der Waals surface area contributed by atoms with Crippen molar-refractivity contribution in [2.75, 3.05) is 0 Å². The van der Waals surface area contributed by atoms with Crippen molar-refractivity contribution < 1.29 is 9.90 Å². The molecular formula is C10H14O2. The molecule has 2 nitrogen and oxygen atoms in total. The van der Waals surface area contributed by atoms with Gasteiger partial charge in [0.05, 0.1) is 5.41 Å². The van der Waals surface area contributed by atoms with Crippen molar-refractivity contribution in [2.24, 2.45) is 16.2 Å². The Hall–Kier alpha value is -0.530. The second-order valence-electron chi connectivity index (χ2n) is 5.21. The van der Waals surface area contributed by atoms with Crippen LogP contribution >= 0.6 is 0 Å². The molecule has 2 atom stereocenters. The average Bonchev–Trinajstić information content (AvgIpc) is 2.71. The molecule has 0 radical (unpaired) electrons. The van der Waals surface area contributed by atoms with Gasteiger partial charge in [-0.15, -0.1) is 0 Å². The van der Waals surface area contributed by atoms with Crippen molar-refractivity contribution >= 4 is 5.97 Å². The number of fused-ring (bicyclic) bond motifs is 1. The average molecular weight is 166 g/mol. The third-order valence-electron chi connectivity index (χ3n) is 4.90. The molecule has 3 aliphatic rings. The van der Waals surface area contributed by atoms with Gasteiger partial charge >= 0.3 is 5.97 Å². The second kappa shape index (κ2) is 1.45. The van der Waals surface area contributed by atoms with Crippen LogP contribution in [-0.2, 0) is 4.79 Å². The fourth-order valence-corrected chi connectivity index (χ4v) is 3.66. The molecule has 1 N–H and O–H groups in total. The van der Waals surface area contributed by atoms with Crippen LogP contribution in [0.15, 0.2) is 0 Å². The maximum absolute atomic E-state index is 11.0. The first-order valence-electron chi connectivity index (χ1n) is 4.80. The Kier molecular flexibility index (Phi) is 0.836. The van der Waals surface area contributed by atoms with Gasteiger partial charge in [0.25, 0.3) is 0 Å². The van der Waals surface area contributed by atoms with Crippen LogP contribution in [0.1, 0.15) is 39.0 Å². The molecule has 2 unspecified atom stereocenters. The summed E-state index contributed by atoms with van der Waals surface area (Å²) in [5.41, 5.74) is 0.442. The minimum atomic E-state index is -0.564. The third-order valence-corrected chi connectivity index (χ3v) is 4.90. The minimum Gasteiger partial charge on any atom is -0.481 e. The third kappa shape index (κ3) is 0.436. The molecule has 12 heavy (non-hydrogen) atoms. The maximum atomic E-state index is 11.0. The summed E-state index contributed by atoms with van der Waals surface area (Å²) in [5, 5.41) is 9.04. The molecule has 0 saturated heterocycles. The van der Waals surface area contributed by atoms with Crippen LogP contribution in [-0.4, -0.2) is 11.1 Å². The molecule has 0 aromatic rings. The van der Waals surface area contributed by atoms with Crippen molar-refractivity contribution in [1.29, 1.82) is 0 Å². The molecule has 3 aliphatic carbocycles. The van der Waals surface area contributed by atoms with E-state index >= 15 is 0 Å². The summed E-state index contributed by atoms with van der Waals surface area (Å²) < 4.78 is 0. The van der Waals surface area contributed by atoms with E-state index in [-0.39, 0.29) is 10.8 Å². The standard InChI is InChI=1S/C10H14O2/c1-8(7(11)12)5-10(8)6-9(10)3-2-4-9/h2-6H2,1H3,(H,11,12). The molecule has 3 rings (SSSR count). The van der Waals surface area contributed by atoms with E-state index in [0.717, 1.165) is 6.42 Å². The zero-order valence-electron chi connectivity index (χ0n) is 7.39. The summed E-state index contributed by atoms with van der Waals surface area (Å²) in [7, 11) is 0. The van der Waals surface area contributed by atoms with Gasteiger partial charge in [-0.1, -0.05) is 6.42 Å². The van der Waals surface area contributed by atoms with Gasteiger partial charge in [-0.3, -0.25) is 4.79 Å². The molecule has 2 heteroatoms. The number of hydrogen-bond acceptors (Lipinski definition) is 1. The van der Waals surface area contributed by atoms with Gasteiger partial charge in [0.2, 0.25) is 0 Å². The van der Waals surface area contributed by atoms with E-state index in [1.165, 1.54) is 25.7 Å². The Bertz CT molecular complexity index is 280. The lowest BCUT2D eigenvalue weighted by molar-refractivity contribution is -0.143. The Morgan fingerprint density at radius 3 is 2.25 bits per heavy atom. The Labute approximate surface area is 72.0 Å². The number of rotatable bonds is 1. The monoisotopic (exact) mass is 166 g/mol. The van der Waals surface area contributed by atoms with Crippen LogP contribution in [0.4, 0.5) is 0 Å². The SMILES string of the molecule is CC1(C(=O)O)CC12CC21CCC1. The van der Waals surface area contributed by atoms with E-state index in [2.05, 4.69) is 0 Å². The normalized spacial score (nSPS) is 52.1. The van der Waals surface area contributed by atoms with Gasteiger partial charge in [-0.2, -0.15) is 0 Å². The molecule has 0 aromatic carbocycles. The van der Waals surface area contributed by atoms with E-state index in [1.807, 2.05) is 6.92 Å². The van der Waals surface area contributed by atoms with Crippen molar-refractivity contribution in [3.8, 4) is 0 Å². The zero-order valence-corrected chi connectivity index (χ0v) is 7.39. The number of carboxylic acid groups (broad SMARTS) is 1. The predicted molar refractivity (Wildman–Crippen MR) is 43.7 cm³/mol. The first-order chi connectivity index (χ1) is 5.56. The van der Waals surface area contributed by atoms with E-state index in [1.54, 1.807) is 0 Å². The van der Waals surface area contributed by atoms with Crippen LogP contribution in [0.5, 0.6) is 0 Å². The predicted octanol–water partition coefficient (Wildman–Crippen LogP) is 2.04.